The summed E-state index contributed by atoms with van der Waals surface area (Å²) < 4.78 is 43.0. The lowest BCUT2D eigenvalue weighted by Crippen LogP contribution is -2.24. The summed E-state index contributed by atoms with van der Waals surface area (Å²) in [7, 11) is -3.72. The summed E-state index contributed by atoms with van der Waals surface area (Å²) in [4.78, 5) is 11.9. The Morgan fingerprint density at radius 2 is 1.86 bits per heavy atom. The van der Waals surface area contributed by atoms with Crippen molar-refractivity contribution in [3.05, 3.63) is 77.4 Å². The molecule has 9 heteroatoms. The molecule has 0 spiro atoms. The van der Waals surface area contributed by atoms with Crippen molar-refractivity contribution in [3.63, 3.8) is 0 Å². The van der Waals surface area contributed by atoms with Crippen LogP contribution in [-0.4, -0.2) is 31.1 Å². The number of aromatic nitrogens is 2. The minimum atomic E-state index is -3.72. The maximum Gasteiger partial charge on any atom is 0.335 e. The number of nitrogens with one attached hydrogen (secondary N) is 1. The minimum absolute atomic E-state index is 0.173. The molecule has 0 aliphatic rings. The van der Waals surface area contributed by atoms with E-state index in [1.54, 1.807) is 30.3 Å². The van der Waals surface area contributed by atoms with Crippen molar-refractivity contribution in [2.24, 2.45) is 0 Å². The molecule has 0 atom stereocenters. The summed E-state index contributed by atoms with van der Waals surface area (Å²) in [5.41, 5.74) is 0.856. The Kier molecular flexibility index (Phi) is 6.15. The molecule has 0 saturated carbocycles. The number of hydrogen-bond donors (Lipinski definition) is 1. The summed E-state index contributed by atoms with van der Waals surface area (Å²) in [5.74, 6) is -0.926. The predicted molar refractivity (Wildman–Crippen MR) is 98.7 cm³/mol. The molecule has 28 heavy (non-hydrogen) atoms. The van der Waals surface area contributed by atoms with Crippen LogP contribution in [0.25, 0.3) is 0 Å². The second kappa shape index (κ2) is 8.75. The van der Waals surface area contributed by atoms with E-state index in [1.807, 2.05) is 0 Å². The van der Waals surface area contributed by atoms with Gasteiger partial charge in [-0.2, -0.15) is 0 Å². The summed E-state index contributed by atoms with van der Waals surface area (Å²) >= 11 is 0. The zero-order valence-electron chi connectivity index (χ0n) is 14.8. The maximum atomic E-state index is 13.1. The van der Waals surface area contributed by atoms with Crippen molar-refractivity contribution < 1.29 is 22.0 Å². The zero-order chi connectivity index (χ0) is 20.0. The lowest BCUT2D eigenvalue weighted by Gasteiger charge is -2.04. The normalized spacial score (nSPS) is 11.3. The van der Waals surface area contributed by atoms with E-state index >= 15 is 0 Å². The molecular weight excluding hydrogens is 385 g/mol. The van der Waals surface area contributed by atoms with Gasteiger partial charge in [-0.3, -0.25) is 4.79 Å². The van der Waals surface area contributed by atoms with Gasteiger partial charge in [-0.05, 0) is 30.2 Å². The predicted octanol–water partition coefficient (Wildman–Crippen LogP) is 2.55. The number of hydrogen-bond acceptors (Lipinski definition) is 6. The fraction of sp³-hybridized carbons (Fsp3) is 0.211. The van der Waals surface area contributed by atoms with Crippen LogP contribution in [-0.2, 0) is 22.0 Å². The number of halogens is 1. The molecule has 1 N–H and O–H groups in total. The molecule has 0 bridgehead atoms. The van der Waals surface area contributed by atoms with Gasteiger partial charge in [0, 0.05) is 18.5 Å². The van der Waals surface area contributed by atoms with Crippen LogP contribution < -0.4 is 5.32 Å². The van der Waals surface area contributed by atoms with Crippen LogP contribution in [0.5, 0.6) is 0 Å². The Balaban J connectivity index is 1.50. The van der Waals surface area contributed by atoms with Gasteiger partial charge < -0.3 is 9.73 Å². The molecule has 3 rings (SSSR count). The molecule has 146 valence electrons. The van der Waals surface area contributed by atoms with Crippen molar-refractivity contribution in [1.29, 1.82) is 0 Å². The van der Waals surface area contributed by atoms with E-state index in [0.717, 1.165) is 6.07 Å². The van der Waals surface area contributed by atoms with Crippen LogP contribution in [0.2, 0.25) is 0 Å². The van der Waals surface area contributed by atoms with E-state index in [4.69, 9.17) is 4.42 Å². The number of sulfone groups is 1. The Morgan fingerprint density at radius 3 is 2.61 bits per heavy atom. The van der Waals surface area contributed by atoms with Crippen molar-refractivity contribution >= 4 is 15.7 Å². The van der Waals surface area contributed by atoms with Gasteiger partial charge in [-0.25, -0.2) is 12.8 Å². The Bertz CT molecular complexity index is 1050. The first-order valence-corrected chi connectivity index (χ1v) is 10.2. The lowest BCUT2D eigenvalue weighted by atomic mass is 10.2. The largest absolute Gasteiger partial charge is 0.413 e. The fourth-order valence-corrected chi connectivity index (χ4v) is 3.64. The van der Waals surface area contributed by atoms with Crippen LogP contribution in [0, 0.1) is 5.82 Å². The number of carbonyl (C=O) groups excluding carboxylic acids is 1. The van der Waals surface area contributed by atoms with Gasteiger partial charge in [-0.15, -0.1) is 5.10 Å². The number of carbonyl (C=O) groups is 1. The highest BCUT2D eigenvalue weighted by molar-refractivity contribution is 7.90. The number of amides is 1. The molecule has 7 nitrogen and oxygen atoms in total. The summed E-state index contributed by atoms with van der Waals surface area (Å²) in [6.07, 6.45) is 0.763. The van der Waals surface area contributed by atoms with Gasteiger partial charge >= 0.3 is 5.22 Å². The highest BCUT2D eigenvalue weighted by Gasteiger charge is 2.22. The monoisotopic (exact) mass is 403 g/mol. The van der Waals surface area contributed by atoms with Crippen molar-refractivity contribution in [3.8, 4) is 0 Å². The second-order valence-electron chi connectivity index (χ2n) is 6.08. The number of aryl methyl sites for hydroxylation is 1. The SMILES string of the molecule is O=C(NCCCc1nnc(S(=O)(=O)Cc2ccccc2)o1)c1cccc(F)c1. The molecule has 1 heterocycles. The van der Waals surface area contributed by atoms with E-state index in [0.29, 0.717) is 24.9 Å². The lowest BCUT2D eigenvalue weighted by molar-refractivity contribution is 0.0952. The van der Waals surface area contributed by atoms with E-state index in [1.165, 1.54) is 18.2 Å². The third kappa shape index (κ3) is 5.23. The Labute approximate surface area is 161 Å². The van der Waals surface area contributed by atoms with Gasteiger partial charge in [0.05, 0.1) is 5.75 Å². The first-order chi connectivity index (χ1) is 13.4. The minimum Gasteiger partial charge on any atom is -0.413 e. The smallest absolute Gasteiger partial charge is 0.335 e. The summed E-state index contributed by atoms with van der Waals surface area (Å²) in [6.45, 7) is 0.295. The van der Waals surface area contributed by atoms with Crippen molar-refractivity contribution in [2.45, 2.75) is 23.8 Å². The zero-order valence-corrected chi connectivity index (χ0v) is 15.7. The first-order valence-electron chi connectivity index (χ1n) is 8.57. The summed E-state index contributed by atoms with van der Waals surface area (Å²) in [6, 6.07) is 14.1. The van der Waals surface area contributed by atoms with Gasteiger partial charge in [0.25, 0.3) is 5.91 Å². The van der Waals surface area contributed by atoms with E-state index in [9.17, 15) is 17.6 Å². The van der Waals surface area contributed by atoms with Crippen LogP contribution in [0.1, 0.15) is 28.2 Å². The van der Waals surface area contributed by atoms with Gasteiger partial charge in [0.15, 0.2) is 0 Å². The third-order valence-electron chi connectivity index (χ3n) is 3.85. The average molecular weight is 403 g/mol. The second-order valence-corrected chi connectivity index (χ2v) is 7.94. The fourth-order valence-electron chi connectivity index (χ4n) is 2.49. The Morgan fingerprint density at radius 1 is 1.07 bits per heavy atom. The standard InChI is InChI=1S/C19H18FN3O4S/c20-16-9-4-8-15(12-16)18(24)21-11-5-10-17-22-23-19(27-17)28(25,26)13-14-6-2-1-3-7-14/h1-4,6-9,12H,5,10-11,13H2,(H,21,24). The molecule has 2 aromatic carbocycles. The quantitative estimate of drug-likeness (QED) is 0.580. The molecule has 0 unspecified atom stereocenters. The van der Waals surface area contributed by atoms with E-state index < -0.39 is 26.8 Å². The molecule has 0 saturated heterocycles. The average Bonchev–Trinajstić information content (AvgIpc) is 3.15. The number of rotatable bonds is 8. The Hall–Kier alpha value is -3.07. The van der Waals surface area contributed by atoms with Crippen molar-refractivity contribution in [2.75, 3.05) is 6.54 Å². The van der Waals surface area contributed by atoms with Crippen LogP contribution in [0.15, 0.2) is 64.2 Å². The summed E-state index contributed by atoms with van der Waals surface area (Å²) in [5, 5.41) is 9.61. The maximum absolute atomic E-state index is 13.1. The third-order valence-corrected chi connectivity index (χ3v) is 5.26. The molecule has 1 amide bonds. The number of nitrogens with zero attached hydrogens (tertiary/aromatic N) is 2. The highest BCUT2D eigenvalue weighted by atomic mass is 32.2. The molecule has 1 aromatic heterocycles. The van der Waals surface area contributed by atoms with Crippen LogP contribution in [0.3, 0.4) is 0 Å². The molecule has 0 aliphatic carbocycles. The number of benzene rings is 2. The molecule has 3 aromatic rings. The van der Waals surface area contributed by atoms with E-state index in [-0.39, 0.29) is 17.2 Å². The molecule has 0 fully saturated rings. The molecular formula is C19H18FN3O4S. The van der Waals surface area contributed by atoms with Gasteiger partial charge in [0.2, 0.25) is 15.7 Å². The highest BCUT2D eigenvalue weighted by Crippen LogP contribution is 2.15. The topological polar surface area (TPSA) is 102 Å². The van der Waals surface area contributed by atoms with Crippen molar-refractivity contribution in [1.82, 2.24) is 15.5 Å². The van der Waals surface area contributed by atoms with E-state index in [2.05, 4.69) is 15.5 Å². The van der Waals surface area contributed by atoms with Gasteiger partial charge in [0.1, 0.15) is 5.82 Å². The van der Waals surface area contributed by atoms with Gasteiger partial charge in [-0.1, -0.05) is 41.5 Å². The van der Waals surface area contributed by atoms with Crippen LogP contribution >= 0.6 is 0 Å². The molecule has 0 aliphatic heterocycles. The molecule has 0 radical (unpaired) electrons. The van der Waals surface area contributed by atoms with Crippen LogP contribution in [0.4, 0.5) is 4.39 Å². The first kappa shape index (κ1) is 19.7.